The monoisotopic (exact) mass is 417 g/mol. The van der Waals surface area contributed by atoms with Gasteiger partial charge in [0.1, 0.15) is 17.6 Å². The molecule has 0 aliphatic carbocycles. The molecule has 7 nitrogen and oxygen atoms in total. The van der Waals surface area contributed by atoms with E-state index in [0.29, 0.717) is 12.1 Å². The number of aromatic nitrogens is 3. The number of benzene rings is 1. The second kappa shape index (κ2) is 8.41. The Labute approximate surface area is 182 Å². The molecule has 0 saturated carbocycles. The summed E-state index contributed by atoms with van der Waals surface area (Å²) in [6.07, 6.45) is 7.84. The third-order valence-electron chi connectivity index (χ3n) is 6.29. The van der Waals surface area contributed by atoms with Crippen LogP contribution in [0.3, 0.4) is 0 Å². The highest BCUT2D eigenvalue weighted by molar-refractivity contribution is 5.95. The molecule has 2 aliphatic heterocycles. The molecule has 0 spiro atoms. The van der Waals surface area contributed by atoms with Crippen LogP contribution < -0.4 is 9.64 Å². The number of imidazole rings is 1. The lowest BCUT2D eigenvalue weighted by atomic mass is 9.94. The number of hydrogen-bond acceptors (Lipinski definition) is 5. The fraction of sp³-hybridized carbons (Fsp3) is 0.375. The van der Waals surface area contributed by atoms with Crippen molar-refractivity contribution >= 4 is 11.7 Å². The fourth-order valence-corrected chi connectivity index (χ4v) is 4.63. The zero-order valence-electron chi connectivity index (χ0n) is 17.8. The van der Waals surface area contributed by atoms with Crippen LogP contribution in [0.5, 0.6) is 5.75 Å². The van der Waals surface area contributed by atoms with Gasteiger partial charge < -0.3 is 19.5 Å². The van der Waals surface area contributed by atoms with E-state index in [-0.39, 0.29) is 11.9 Å². The van der Waals surface area contributed by atoms with Crippen molar-refractivity contribution in [1.82, 2.24) is 19.9 Å². The molecule has 1 unspecified atom stereocenters. The molecule has 0 radical (unpaired) electrons. The van der Waals surface area contributed by atoms with Crippen molar-refractivity contribution in [2.24, 2.45) is 0 Å². The minimum absolute atomic E-state index is 0.00938. The number of ether oxygens (including phenoxy) is 1. The number of nitrogens with one attached hydrogen (secondary N) is 1. The quantitative estimate of drug-likeness (QED) is 0.702. The maximum atomic E-state index is 13.7. The summed E-state index contributed by atoms with van der Waals surface area (Å²) in [6.45, 7) is 2.63. The van der Waals surface area contributed by atoms with E-state index in [2.05, 4.69) is 19.9 Å². The van der Waals surface area contributed by atoms with E-state index in [1.54, 1.807) is 19.6 Å². The van der Waals surface area contributed by atoms with Crippen molar-refractivity contribution in [3.63, 3.8) is 0 Å². The van der Waals surface area contributed by atoms with Crippen LogP contribution in [0.15, 0.2) is 48.9 Å². The Kier molecular flexibility index (Phi) is 5.32. The number of piperidine rings is 1. The topological polar surface area (TPSA) is 74.3 Å². The number of methoxy groups -OCH3 is 1. The second-order valence-electron chi connectivity index (χ2n) is 8.14. The largest absolute Gasteiger partial charge is 0.497 e. The van der Waals surface area contributed by atoms with E-state index < -0.39 is 0 Å². The minimum Gasteiger partial charge on any atom is -0.497 e. The van der Waals surface area contributed by atoms with Gasteiger partial charge in [-0.05, 0) is 49.1 Å². The number of H-pyrrole nitrogens is 1. The maximum absolute atomic E-state index is 13.7. The first kappa shape index (κ1) is 19.6. The first-order chi connectivity index (χ1) is 15.2. The molecular formula is C24H27N5O2. The Morgan fingerprint density at radius 1 is 1.06 bits per heavy atom. The molecule has 1 fully saturated rings. The molecule has 3 aromatic rings. The summed E-state index contributed by atoms with van der Waals surface area (Å²) in [6, 6.07) is 11.4. The third-order valence-corrected chi connectivity index (χ3v) is 6.29. The van der Waals surface area contributed by atoms with Crippen LogP contribution >= 0.6 is 0 Å². The van der Waals surface area contributed by atoms with Gasteiger partial charge in [0.25, 0.3) is 5.91 Å². The number of fused-ring (bicyclic) bond motifs is 1. The molecule has 2 aliphatic rings. The Balaban J connectivity index is 1.48. The van der Waals surface area contributed by atoms with Crippen LogP contribution in [0.25, 0.3) is 0 Å². The van der Waals surface area contributed by atoms with E-state index >= 15 is 0 Å². The molecule has 5 rings (SSSR count). The van der Waals surface area contributed by atoms with Crippen molar-refractivity contribution in [2.75, 3.05) is 31.6 Å². The number of pyridine rings is 1. The van der Waals surface area contributed by atoms with Crippen molar-refractivity contribution in [3.05, 3.63) is 71.4 Å². The second-order valence-corrected chi connectivity index (χ2v) is 8.14. The van der Waals surface area contributed by atoms with Crippen molar-refractivity contribution in [1.29, 1.82) is 0 Å². The van der Waals surface area contributed by atoms with Gasteiger partial charge in [-0.15, -0.1) is 0 Å². The molecule has 1 saturated heterocycles. The highest BCUT2D eigenvalue weighted by Gasteiger charge is 2.34. The summed E-state index contributed by atoms with van der Waals surface area (Å²) < 4.78 is 5.31. The predicted molar refractivity (Wildman–Crippen MR) is 118 cm³/mol. The number of rotatable bonds is 4. The Hall–Kier alpha value is -3.35. The lowest BCUT2D eigenvalue weighted by Gasteiger charge is -2.35. The predicted octanol–water partition coefficient (Wildman–Crippen LogP) is 3.59. The highest BCUT2D eigenvalue weighted by atomic mass is 16.5. The first-order valence-electron chi connectivity index (χ1n) is 10.9. The van der Waals surface area contributed by atoms with Gasteiger partial charge in [0.2, 0.25) is 0 Å². The van der Waals surface area contributed by atoms with Crippen LogP contribution in [-0.2, 0) is 6.42 Å². The molecular weight excluding hydrogens is 390 g/mol. The SMILES string of the molecule is COc1ccc(C2c3nc[nH]c3CCN2C(=O)c2ccnc(N3CCCCC3)c2)cc1. The summed E-state index contributed by atoms with van der Waals surface area (Å²) >= 11 is 0. The molecule has 1 aromatic carbocycles. The van der Waals surface area contributed by atoms with Gasteiger partial charge >= 0.3 is 0 Å². The number of anilines is 1. The first-order valence-corrected chi connectivity index (χ1v) is 10.9. The minimum atomic E-state index is -0.236. The smallest absolute Gasteiger partial charge is 0.254 e. The van der Waals surface area contributed by atoms with Crippen molar-refractivity contribution < 1.29 is 9.53 Å². The van der Waals surface area contributed by atoms with E-state index in [1.165, 1.54) is 19.3 Å². The lowest BCUT2D eigenvalue weighted by molar-refractivity contribution is 0.0690. The fourth-order valence-electron chi connectivity index (χ4n) is 4.63. The average molecular weight is 418 g/mol. The normalized spacial score (nSPS) is 18.5. The van der Waals surface area contributed by atoms with Gasteiger partial charge in [0.05, 0.1) is 19.1 Å². The third kappa shape index (κ3) is 3.76. The number of amides is 1. The van der Waals surface area contributed by atoms with Crippen LogP contribution in [-0.4, -0.2) is 52.5 Å². The summed E-state index contributed by atoms with van der Waals surface area (Å²) in [7, 11) is 1.65. The van der Waals surface area contributed by atoms with Crippen LogP contribution in [0.1, 0.15) is 52.6 Å². The van der Waals surface area contributed by atoms with Gasteiger partial charge in [-0.25, -0.2) is 9.97 Å². The van der Waals surface area contributed by atoms with E-state index in [1.807, 2.05) is 41.3 Å². The maximum Gasteiger partial charge on any atom is 0.254 e. The molecule has 160 valence electrons. The molecule has 1 N–H and O–H groups in total. The molecule has 2 aromatic heterocycles. The lowest BCUT2D eigenvalue weighted by Crippen LogP contribution is -2.41. The molecule has 1 amide bonds. The van der Waals surface area contributed by atoms with E-state index in [9.17, 15) is 4.79 Å². The van der Waals surface area contributed by atoms with Crippen LogP contribution in [0.2, 0.25) is 0 Å². The zero-order chi connectivity index (χ0) is 21.2. The van der Waals surface area contributed by atoms with Crippen molar-refractivity contribution in [2.45, 2.75) is 31.7 Å². The summed E-state index contributed by atoms with van der Waals surface area (Å²) in [5, 5.41) is 0. The van der Waals surface area contributed by atoms with Gasteiger partial charge in [-0.2, -0.15) is 0 Å². The van der Waals surface area contributed by atoms with Gasteiger partial charge in [0.15, 0.2) is 0 Å². The Morgan fingerprint density at radius 2 is 1.87 bits per heavy atom. The standard InChI is InChI=1S/C24H27N5O2/c1-31-19-7-5-17(6-8-19)23-22-20(26-16-27-22)10-14-29(23)24(30)18-9-11-25-21(15-18)28-12-3-2-4-13-28/h5-9,11,15-16,23H,2-4,10,12-14H2,1H3,(H,26,27). The average Bonchev–Trinajstić information content (AvgIpc) is 3.33. The Morgan fingerprint density at radius 3 is 2.65 bits per heavy atom. The molecule has 31 heavy (non-hydrogen) atoms. The van der Waals surface area contributed by atoms with Gasteiger partial charge in [-0.1, -0.05) is 12.1 Å². The summed E-state index contributed by atoms with van der Waals surface area (Å²) in [4.78, 5) is 30.3. The number of carbonyl (C=O) groups excluding carboxylic acids is 1. The molecule has 0 bridgehead atoms. The zero-order valence-corrected chi connectivity index (χ0v) is 17.8. The summed E-state index contributed by atoms with van der Waals surface area (Å²) in [5.74, 6) is 1.69. The number of carbonyl (C=O) groups is 1. The number of aromatic amines is 1. The Bertz CT molecular complexity index is 1060. The number of hydrogen-bond donors (Lipinski definition) is 1. The molecule has 4 heterocycles. The van der Waals surface area contributed by atoms with Gasteiger partial charge in [-0.3, -0.25) is 4.79 Å². The highest BCUT2D eigenvalue weighted by Crippen LogP contribution is 2.35. The summed E-state index contributed by atoms with van der Waals surface area (Å²) in [5.41, 5.74) is 3.70. The van der Waals surface area contributed by atoms with E-state index in [0.717, 1.165) is 48.0 Å². The number of nitrogens with zero attached hydrogens (tertiary/aromatic N) is 4. The van der Waals surface area contributed by atoms with Crippen LogP contribution in [0, 0.1) is 0 Å². The van der Waals surface area contributed by atoms with E-state index in [4.69, 9.17) is 4.74 Å². The van der Waals surface area contributed by atoms with Crippen molar-refractivity contribution in [3.8, 4) is 5.75 Å². The molecule has 7 heteroatoms. The van der Waals surface area contributed by atoms with Crippen LogP contribution in [0.4, 0.5) is 5.82 Å². The molecule has 1 atom stereocenters. The van der Waals surface area contributed by atoms with Gasteiger partial charge in [0, 0.05) is 43.5 Å².